The third kappa shape index (κ3) is 2.90. The molecule has 0 unspecified atom stereocenters. The SMILES string of the molecule is Cc1cc(C(=O)N2CCN(c3ccccc3F)CC2)ns1. The summed E-state index contributed by atoms with van der Waals surface area (Å²) < 4.78 is 17.9. The Bertz CT molecular complexity index is 650. The normalized spacial score (nSPS) is 15.3. The van der Waals surface area contributed by atoms with Crippen LogP contribution in [0, 0.1) is 12.7 Å². The Morgan fingerprint density at radius 3 is 2.57 bits per heavy atom. The predicted octanol–water partition coefficient (Wildman–Crippen LogP) is 2.55. The van der Waals surface area contributed by atoms with Crippen LogP contribution >= 0.6 is 11.5 Å². The molecule has 1 aliphatic heterocycles. The first-order chi connectivity index (χ1) is 10.1. The van der Waals surface area contributed by atoms with Gasteiger partial charge in [-0.3, -0.25) is 4.79 Å². The van der Waals surface area contributed by atoms with Crippen LogP contribution in [0.1, 0.15) is 15.4 Å². The van der Waals surface area contributed by atoms with Gasteiger partial charge < -0.3 is 9.80 Å². The van der Waals surface area contributed by atoms with Crippen molar-refractivity contribution in [3.05, 3.63) is 46.7 Å². The van der Waals surface area contributed by atoms with Gasteiger partial charge in [0, 0.05) is 31.1 Å². The van der Waals surface area contributed by atoms with Crippen molar-refractivity contribution in [3.63, 3.8) is 0 Å². The number of amides is 1. The molecular weight excluding hydrogens is 289 g/mol. The van der Waals surface area contributed by atoms with E-state index in [4.69, 9.17) is 0 Å². The Morgan fingerprint density at radius 1 is 1.24 bits per heavy atom. The van der Waals surface area contributed by atoms with Crippen LogP contribution in [-0.2, 0) is 0 Å². The Balaban J connectivity index is 1.65. The van der Waals surface area contributed by atoms with Gasteiger partial charge in [0.05, 0.1) is 5.69 Å². The fraction of sp³-hybridized carbons (Fsp3) is 0.333. The summed E-state index contributed by atoms with van der Waals surface area (Å²) in [5, 5.41) is 0. The lowest BCUT2D eigenvalue weighted by Gasteiger charge is -2.35. The molecule has 0 bridgehead atoms. The van der Waals surface area contributed by atoms with Gasteiger partial charge in [0.1, 0.15) is 11.5 Å². The molecule has 0 N–H and O–H groups in total. The minimum absolute atomic E-state index is 0.0347. The molecule has 0 atom stereocenters. The van der Waals surface area contributed by atoms with Crippen molar-refractivity contribution in [2.24, 2.45) is 0 Å². The van der Waals surface area contributed by atoms with E-state index in [1.807, 2.05) is 24.0 Å². The number of hydrogen-bond acceptors (Lipinski definition) is 4. The lowest BCUT2D eigenvalue weighted by Crippen LogP contribution is -2.49. The van der Waals surface area contributed by atoms with Gasteiger partial charge >= 0.3 is 0 Å². The summed E-state index contributed by atoms with van der Waals surface area (Å²) in [4.78, 5) is 17.1. The average Bonchev–Trinajstić information content (AvgIpc) is 2.94. The summed E-state index contributed by atoms with van der Waals surface area (Å²) in [7, 11) is 0. The van der Waals surface area contributed by atoms with E-state index in [1.165, 1.54) is 17.6 Å². The van der Waals surface area contributed by atoms with Crippen LogP contribution in [0.3, 0.4) is 0 Å². The van der Waals surface area contributed by atoms with Gasteiger partial charge in [-0.05, 0) is 36.7 Å². The predicted molar refractivity (Wildman–Crippen MR) is 81.4 cm³/mol. The third-order valence-electron chi connectivity index (χ3n) is 3.61. The van der Waals surface area contributed by atoms with Gasteiger partial charge in [-0.2, -0.15) is 4.37 Å². The van der Waals surface area contributed by atoms with Crippen molar-refractivity contribution in [1.29, 1.82) is 0 Å². The third-order valence-corrected chi connectivity index (χ3v) is 4.30. The number of nitrogens with zero attached hydrogens (tertiary/aromatic N) is 3. The molecule has 2 heterocycles. The molecule has 1 amide bonds. The van der Waals surface area contributed by atoms with Crippen LogP contribution in [0.15, 0.2) is 30.3 Å². The number of halogens is 1. The van der Waals surface area contributed by atoms with Gasteiger partial charge in [-0.25, -0.2) is 4.39 Å². The zero-order valence-corrected chi connectivity index (χ0v) is 12.6. The van der Waals surface area contributed by atoms with Crippen molar-refractivity contribution < 1.29 is 9.18 Å². The number of aryl methyl sites for hydroxylation is 1. The van der Waals surface area contributed by atoms with E-state index in [9.17, 15) is 9.18 Å². The van der Waals surface area contributed by atoms with Crippen LogP contribution in [0.2, 0.25) is 0 Å². The number of aromatic nitrogens is 1. The van der Waals surface area contributed by atoms with Gasteiger partial charge in [0.2, 0.25) is 0 Å². The number of rotatable bonds is 2. The van der Waals surface area contributed by atoms with Crippen molar-refractivity contribution >= 4 is 23.1 Å². The molecule has 1 fully saturated rings. The van der Waals surface area contributed by atoms with E-state index < -0.39 is 0 Å². The molecule has 110 valence electrons. The topological polar surface area (TPSA) is 36.4 Å². The number of hydrogen-bond donors (Lipinski definition) is 0. The van der Waals surface area contributed by atoms with E-state index in [-0.39, 0.29) is 11.7 Å². The average molecular weight is 305 g/mol. The quantitative estimate of drug-likeness (QED) is 0.855. The molecule has 1 saturated heterocycles. The monoisotopic (exact) mass is 305 g/mol. The number of carbonyl (C=O) groups excluding carboxylic acids is 1. The highest BCUT2D eigenvalue weighted by molar-refractivity contribution is 7.05. The van der Waals surface area contributed by atoms with Crippen molar-refractivity contribution in [2.75, 3.05) is 31.1 Å². The molecular formula is C15H16FN3OS. The van der Waals surface area contributed by atoms with E-state index in [0.717, 1.165) is 4.88 Å². The van der Waals surface area contributed by atoms with Gasteiger partial charge in [0.25, 0.3) is 5.91 Å². The lowest BCUT2D eigenvalue weighted by molar-refractivity contribution is 0.0742. The zero-order valence-electron chi connectivity index (χ0n) is 11.8. The van der Waals surface area contributed by atoms with E-state index in [1.54, 1.807) is 17.0 Å². The maximum atomic E-state index is 13.8. The highest BCUT2D eigenvalue weighted by Crippen LogP contribution is 2.21. The Labute approximate surface area is 127 Å². The number of anilines is 1. The first-order valence-electron chi connectivity index (χ1n) is 6.87. The fourth-order valence-corrected chi connectivity index (χ4v) is 3.03. The highest BCUT2D eigenvalue weighted by Gasteiger charge is 2.24. The lowest BCUT2D eigenvalue weighted by atomic mass is 10.2. The molecule has 21 heavy (non-hydrogen) atoms. The van der Waals surface area contributed by atoms with Crippen LogP contribution in [-0.4, -0.2) is 41.4 Å². The number of piperazine rings is 1. The van der Waals surface area contributed by atoms with Crippen LogP contribution in [0.4, 0.5) is 10.1 Å². The maximum absolute atomic E-state index is 13.8. The minimum Gasteiger partial charge on any atom is -0.366 e. The van der Waals surface area contributed by atoms with E-state index >= 15 is 0 Å². The van der Waals surface area contributed by atoms with Gasteiger partial charge in [-0.15, -0.1) is 0 Å². The fourth-order valence-electron chi connectivity index (χ4n) is 2.49. The largest absolute Gasteiger partial charge is 0.366 e. The molecule has 2 aromatic rings. The van der Waals surface area contributed by atoms with Crippen LogP contribution in [0.5, 0.6) is 0 Å². The second kappa shape index (κ2) is 5.81. The summed E-state index contributed by atoms with van der Waals surface area (Å²) >= 11 is 1.34. The molecule has 1 aromatic heterocycles. The van der Waals surface area contributed by atoms with Gasteiger partial charge in [-0.1, -0.05) is 12.1 Å². The molecule has 0 spiro atoms. The highest BCUT2D eigenvalue weighted by atomic mass is 32.1. The molecule has 3 rings (SSSR count). The molecule has 6 heteroatoms. The molecule has 4 nitrogen and oxygen atoms in total. The maximum Gasteiger partial charge on any atom is 0.273 e. The molecule has 1 aromatic carbocycles. The van der Waals surface area contributed by atoms with E-state index in [2.05, 4.69) is 4.37 Å². The summed E-state index contributed by atoms with van der Waals surface area (Å²) in [6, 6.07) is 8.56. The van der Waals surface area contributed by atoms with Gasteiger partial charge in [0.15, 0.2) is 0 Å². The smallest absolute Gasteiger partial charge is 0.273 e. The summed E-state index contributed by atoms with van der Waals surface area (Å²) in [6.45, 7) is 4.38. The Kier molecular flexibility index (Phi) is 3.88. The Hall–Kier alpha value is -1.95. The summed E-state index contributed by atoms with van der Waals surface area (Å²) in [5.74, 6) is -0.250. The van der Waals surface area contributed by atoms with Crippen molar-refractivity contribution in [1.82, 2.24) is 9.27 Å². The second-order valence-corrected chi connectivity index (χ2v) is 6.06. The Morgan fingerprint density at radius 2 is 1.95 bits per heavy atom. The minimum atomic E-state index is -0.215. The summed E-state index contributed by atoms with van der Waals surface area (Å²) in [5.41, 5.74) is 1.12. The number of para-hydroxylation sites is 1. The zero-order chi connectivity index (χ0) is 14.8. The van der Waals surface area contributed by atoms with Crippen LogP contribution in [0.25, 0.3) is 0 Å². The van der Waals surface area contributed by atoms with Crippen LogP contribution < -0.4 is 4.90 Å². The standard InChI is InChI=1S/C15H16FN3OS/c1-11-10-13(17-21-11)15(20)19-8-6-18(7-9-19)14-5-3-2-4-12(14)16/h2-5,10H,6-9H2,1H3. The summed E-state index contributed by atoms with van der Waals surface area (Å²) in [6.07, 6.45) is 0. The molecule has 0 saturated carbocycles. The second-order valence-electron chi connectivity index (χ2n) is 5.05. The first-order valence-corrected chi connectivity index (χ1v) is 7.64. The number of carbonyl (C=O) groups is 1. The van der Waals surface area contributed by atoms with Crippen molar-refractivity contribution in [2.45, 2.75) is 6.92 Å². The van der Waals surface area contributed by atoms with E-state index in [0.29, 0.717) is 37.6 Å². The molecule has 0 radical (unpaired) electrons. The first kappa shape index (κ1) is 14.0. The molecule has 1 aliphatic rings. The molecule has 0 aliphatic carbocycles. The number of benzene rings is 1. The van der Waals surface area contributed by atoms with Crippen molar-refractivity contribution in [3.8, 4) is 0 Å².